The first-order valence-corrected chi connectivity index (χ1v) is 9.25. The van der Waals surface area contributed by atoms with Crippen LogP contribution in [0.4, 0.5) is 10.5 Å². The summed E-state index contributed by atoms with van der Waals surface area (Å²) in [5, 5.41) is 15.7. The lowest BCUT2D eigenvalue weighted by atomic mass is 10.1. The summed E-state index contributed by atoms with van der Waals surface area (Å²) in [5.74, 6) is 1.93. The summed E-state index contributed by atoms with van der Waals surface area (Å²) in [6.45, 7) is 2.05. The average Bonchev–Trinajstić information content (AvgIpc) is 2.73. The summed E-state index contributed by atoms with van der Waals surface area (Å²) in [5.41, 5.74) is 2.30. The Morgan fingerprint density at radius 1 is 1.00 bits per heavy atom. The van der Waals surface area contributed by atoms with Crippen LogP contribution in [0, 0.1) is 6.92 Å². The molecule has 0 aliphatic heterocycles. The van der Waals surface area contributed by atoms with E-state index in [0.717, 1.165) is 5.56 Å². The lowest BCUT2D eigenvalue weighted by molar-refractivity contribution is 0.175. The molecule has 1 unspecified atom stereocenters. The molecule has 0 saturated heterocycles. The summed E-state index contributed by atoms with van der Waals surface area (Å²) in [6.07, 6.45) is -0.828. The Balaban J connectivity index is 1.59. The Labute approximate surface area is 170 Å². The van der Waals surface area contributed by atoms with Gasteiger partial charge in [-0.3, -0.25) is 0 Å². The van der Waals surface area contributed by atoms with Crippen LogP contribution in [0.3, 0.4) is 0 Å². The van der Waals surface area contributed by atoms with E-state index < -0.39 is 12.1 Å². The van der Waals surface area contributed by atoms with Crippen LogP contribution in [-0.4, -0.2) is 24.8 Å². The first-order chi connectivity index (χ1) is 14.0. The predicted octanol–water partition coefficient (Wildman–Crippen LogP) is 4.65. The smallest absolute Gasteiger partial charge is 0.319 e. The highest BCUT2D eigenvalue weighted by Gasteiger charge is 2.12. The van der Waals surface area contributed by atoms with E-state index in [1.165, 1.54) is 0 Å². The summed E-state index contributed by atoms with van der Waals surface area (Å²) >= 11 is 0. The quantitative estimate of drug-likeness (QED) is 0.547. The number of anilines is 1. The van der Waals surface area contributed by atoms with Gasteiger partial charge in [0, 0.05) is 6.54 Å². The van der Waals surface area contributed by atoms with E-state index in [1.807, 2.05) is 43.3 Å². The van der Waals surface area contributed by atoms with Crippen LogP contribution >= 0.6 is 0 Å². The molecule has 0 aromatic heterocycles. The number of amides is 2. The maximum absolute atomic E-state index is 12.3. The van der Waals surface area contributed by atoms with Gasteiger partial charge in [0.1, 0.15) is 11.5 Å². The molecule has 3 N–H and O–H groups in total. The number of rotatable bonds is 7. The van der Waals surface area contributed by atoms with Crippen molar-refractivity contribution in [2.75, 3.05) is 19.0 Å². The number of methoxy groups -OCH3 is 1. The summed E-state index contributed by atoms with van der Waals surface area (Å²) in [4.78, 5) is 12.3. The number of aryl methyl sites for hydroxylation is 1. The minimum atomic E-state index is -0.828. The van der Waals surface area contributed by atoms with Crippen LogP contribution in [0.25, 0.3) is 0 Å². The molecule has 0 heterocycles. The van der Waals surface area contributed by atoms with E-state index in [9.17, 15) is 9.90 Å². The number of ether oxygens (including phenoxy) is 2. The molecule has 0 saturated carbocycles. The second-order valence-corrected chi connectivity index (χ2v) is 6.54. The average molecular weight is 392 g/mol. The van der Waals surface area contributed by atoms with E-state index in [-0.39, 0.29) is 6.54 Å². The Bertz CT molecular complexity index is 957. The van der Waals surface area contributed by atoms with Gasteiger partial charge >= 0.3 is 6.03 Å². The van der Waals surface area contributed by atoms with Gasteiger partial charge in [-0.1, -0.05) is 36.4 Å². The van der Waals surface area contributed by atoms with E-state index in [2.05, 4.69) is 10.6 Å². The third-order valence-electron chi connectivity index (χ3n) is 4.31. The third kappa shape index (κ3) is 5.73. The monoisotopic (exact) mass is 392 g/mol. The molecule has 1 atom stereocenters. The number of hydrogen-bond acceptors (Lipinski definition) is 4. The molecule has 0 bridgehead atoms. The van der Waals surface area contributed by atoms with Gasteiger partial charge in [0.2, 0.25) is 0 Å². The number of aliphatic hydroxyl groups excluding tert-OH is 1. The first kappa shape index (κ1) is 20.2. The predicted molar refractivity (Wildman–Crippen MR) is 113 cm³/mol. The molecule has 6 heteroatoms. The molecule has 6 nitrogen and oxygen atoms in total. The van der Waals surface area contributed by atoms with Gasteiger partial charge in [-0.15, -0.1) is 0 Å². The molecule has 0 aliphatic rings. The van der Waals surface area contributed by atoms with Crippen molar-refractivity contribution < 1.29 is 19.4 Å². The highest BCUT2D eigenvalue weighted by atomic mass is 16.5. The van der Waals surface area contributed by atoms with Crippen molar-refractivity contribution in [3.8, 4) is 17.2 Å². The number of aliphatic hydroxyl groups is 1. The van der Waals surface area contributed by atoms with Gasteiger partial charge < -0.3 is 25.2 Å². The van der Waals surface area contributed by atoms with Gasteiger partial charge in [-0.05, 0) is 54.4 Å². The van der Waals surface area contributed by atoms with Crippen LogP contribution in [0.2, 0.25) is 0 Å². The molecule has 29 heavy (non-hydrogen) atoms. The van der Waals surface area contributed by atoms with E-state index in [4.69, 9.17) is 9.47 Å². The Kier molecular flexibility index (Phi) is 6.71. The largest absolute Gasteiger partial charge is 0.497 e. The van der Waals surface area contributed by atoms with Gasteiger partial charge in [0.15, 0.2) is 5.75 Å². The van der Waals surface area contributed by atoms with Crippen molar-refractivity contribution in [1.82, 2.24) is 5.32 Å². The molecule has 2 amide bonds. The number of urea groups is 1. The zero-order valence-corrected chi connectivity index (χ0v) is 16.4. The van der Waals surface area contributed by atoms with Crippen molar-refractivity contribution in [1.29, 1.82) is 0 Å². The van der Waals surface area contributed by atoms with E-state index in [1.54, 1.807) is 43.5 Å². The van der Waals surface area contributed by atoms with Crippen LogP contribution in [0.15, 0.2) is 72.8 Å². The standard InChI is InChI=1S/C23H24N2O4/c1-16-6-5-7-19(14-16)29-22-9-4-3-8-20(22)25-23(27)24-15-21(26)17-10-12-18(28-2)13-11-17/h3-14,21,26H,15H2,1-2H3,(H2,24,25,27). The third-order valence-corrected chi connectivity index (χ3v) is 4.31. The zero-order valence-electron chi connectivity index (χ0n) is 16.4. The molecule has 3 aromatic carbocycles. The number of nitrogens with one attached hydrogen (secondary N) is 2. The van der Waals surface area contributed by atoms with Gasteiger partial charge in [0.05, 0.1) is 18.9 Å². The van der Waals surface area contributed by atoms with Crippen molar-refractivity contribution >= 4 is 11.7 Å². The Hall–Kier alpha value is -3.51. The van der Waals surface area contributed by atoms with E-state index in [0.29, 0.717) is 28.5 Å². The molecule has 0 radical (unpaired) electrons. The molecular weight excluding hydrogens is 368 g/mol. The first-order valence-electron chi connectivity index (χ1n) is 9.25. The second-order valence-electron chi connectivity index (χ2n) is 6.54. The summed E-state index contributed by atoms with van der Waals surface area (Å²) in [7, 11) is 1.58. The number of hydrogen-bond donors (Lipinski definition) is 3. The summed E-state index contributed by atoms with van der Waals surface area (Å²) < 4.78 is 11.0. The molecule has 0 fully saturated rings. The molecule has 0 aliphatic carbocycles. The van der Waals surface area contributed by atoms with Crippen LogP contribution in [-0.2, 0) is 0 Å². The molecule has 3 rings (SSSR count). The van der Waals surface area contributed by atoms with Crippen molar-refractivity contribution in [2.24, 2.45) is 0 Å². The van der Waals surface area contributed by atoms with Crippen molar-refractivity contribution in [3.63, 3.8) is 0 Å². The van der Waals surface area contributed by atoms with Crippen LogP contribution in [0.5, 0.6) is 17.2 Å². The maximum atomic E-state index is 12.3. The fourth-order valence-corrected chi connectivity index (χ4v) is 2.76. The fourth-order valence-electron chi connectivity index (χ4n) is 2.76. The minimum Gasteiger partial charge on any atom is -0.497 e. The Morgan fingerprint density at radius 2 is 1.76 bits per heavy atom. The lowest BCUT2D eigenvalue weighted by Crippen LogP contribution is -2.32. The van der Waals surface area contributed by atoms with Gasteiger partial charge in [-0.25, -0.2) is 4.79 Å². The van der Waals surface area contributed by atoms with Crippen LogP contribution in [0.1, 0.15) is 17.2 Å². The minimum absolute atomic E-state index is 0.0685. The topological polar surface area (TPSA) is 79.8 Å². The second kappa shape index (κ2) is 9.61. The number of benzene rings is 3. The van der Waals surface area contributed by atoms with Crippen molar-refractivity contribution in [3.05, 3.63) is 83.9 Å². The maximum Gasteiger partial charge on any atom is 0.319 e. The molecular formula is C23H24N2O4. The number of carbonyl (C=O) groups is 1. The number of para-hydroxylation sites is 2. The fraction of sp³-hybridized carbons (Fsp3) is 0.174. The van der Waals surface area contributed by atoms with E-state index >= 15 is 0 Å². The highest BCUT2D eigenvalue weighted by Crippen LogP contribution is 2.29. The lowest BCUT2D eigenvalue weighted by Gasteiger charge is -2.15. The number of carbonyl (C=O) groups excluding carboxylic acids is 1. The molecule has 150 valence electrons. The van der Waals surface area contributed by atoms with Crippen LogP contribution < -0.4 is 20.1 Å². The highest BCUT2D eigenvalue weighted by molar-refractivity contribution is 5.91. The zero-order chi connectivity index (χ0) is 20.6. The van der Waals surface area contributed by atoms with Gasteiger partial charge in [-0.2, -0.15) is 0 Å². The SMILES string of the molecule is COc1ccc(C(O)CNC(=O)Nc2ccccc2Oc2cccc(C)c2)cc1. The molecule has 3 aromatic rings. The summed E-state index contributed by atoms with van der Waals surface area (Å²) in [6, 6.07) is 21.5. The Morgan fingerprint density at radius 3 is 2.48 bits per heavy atom. The molecule has 0 spiro atoms. The normalized spacial score (nSPS) is 11.4. The van der Waals surface area contributed by atoms with Gasteiger partial charge in [0.25, 0.3) is 0 Å². The van der Waals surface area contributed by atoms with Crippen molar-refractivity contribution in [2.45, 2.75) is 13.0 Å².